The minimum Gasteiger partial charge on any atom is -0.458 e. The topological polar surface area (TPSA) is 102 Å². The summed E-state index contributed by atoms with van der Waals surface area (Å²) in [6.07, 6.45) is 2.42. The van der Waals surface area contributed by atoms with Crippen LogP contribution in [0.25, 0.3) is 0 Å². The number of cyclic esters (lactones) is 1. The number of hydrogen-bond acceptors (Lipinski definition) is 7. The molecule has 0 spiro atoms. The Balaban J connectivity index is 2.45. The molecular formula is C21H34O7. The van der Waals surface area contributed by atoms with Crippen LogP contribution in [-0.2, 0) is 23.8 Å². The van der Waals surface area contributed by atoms with Crippen molar-refractivity contribution in [3.63, 3.8) is 0 Å². The van der Waals surface area contributed by atoms with Crippen molar-refractivity contribution in [3.8, 4) is 0 Å². The van der Waals surface area contributed by atoms with E-state index in [2.05, 4.69) is 0 Å². The first-order valence-electron chi connectivity index (χ1n) is 9.95. The second-order valence-electron chi connectivity index (χ2n) is 8.76. The van der Waals surface area contributed by atoms with E-state index in [1.165, 1.54) is 14.0 Å². The Bertz CT molecular complexity index is 641. The number of rotatable bonds is 2. The van der Waals surface area contributed by atoms with Crippen molar-refractivity contribution in [2.24, 2.45) is 11.8 Å². The molecule has 0 saturated carbocycles. The lowest BCUT2D eigenvalue weighted by molar-refractivity contribution is -0.203. The summed E-state index contributed by atoms with van der Waals surface area (Å²) in [6, 6.07) is 0. The number of ketones is 1. The molecule has 0 aromatic rings. The molecule has 2 bridgehead atoms. The highest BCUT2D eigenvalue weighted by atomic mass is 16.7. The van der Waals surface area contributed by atoms with Gasteiger partial charge in [-0.05, 0) is 39.5 Å². The molecule has 6 atom stereocenters. The van der Waals surface area contributed by atoms with Crippen molar-refractivity contribution in [2.75, 3.05) is 13.7 Å². The number of esters is 1. The van der Waals surface area contributed by atoms with Crippen LogP contribution < -0.4 is 0 Å². The van der Waals surface area contributed by atoms with Crippen LogP contribution in [0.1, 0.15) is 60.3 Å². The summed E-state index contributed by atoms with van der Waals surface area (Å²) in [5.74, 6) is -3.57. The third-order valence-electron chi connectivity index (χ3n) is 5.86. The monoisotopic (exact) mass is 398 g/mol. The summed E-state index contributed by atoms with van der Waals surface area (Å²) in [6.45, 7) is 8.53. The van der Waals surface area contributed by atoms with Gasteiger partial charge >= 0.3 is 5.97 Å². The lowest BCUT2D eigenvalue weighted by Gasteiger charge is -2.33. The Hall–Kier alpha value is -1.28. The first-order valence-corrected chi connectivity index (χ1v) is 9.95. The minimum absolute atomic E-state index is 0.0328. The predicted molar refractivity (Wildman–Crippen MR) is 102 cm³/mol. The molecule has 0 aliphatic carbocycles. The molecule has 28 heavy (non-hydrogen) atoms. The van der Waals surface area contributed by atoms with E-state index in [-0.39, 0.29) is 18.9 Å². The average Bonchev–Trinajstić information content (AvgIpc) is 2.94. The summed E-state index contributed by atoms with van der Waals surface area (Å²) >= 11 is 0. The van der Waals surface area contributed by atoms with Gasteiger partial charge in [0, 0.05) is 20.0 Å². The standard InChI is InChI=1S/C21H34O7/c1-7-16-19(5,24)9-13(2)8-14(3)10-21(26-6)11-20(25,12-27-21)17(22)15(4)18(23)28-16/h9,14-16,24-25H,7-8,10-12H2,1-6H3. The quantitative estimate of drug-likeness (QED) is 0.417. The van der Waals surface area contributed by atoms with Crippen LogP contribution in [0.3, 0.4) is 0 Å². The second kappa shape index (κ2) is 8.22. The number of fused-ring (bicyclic) bond motifs is 2. The first-order chi connectivity index (χ1) is 12.9. The zero-order valence-electron chi connectivity index (χ0n) is 17.8. The summed E-state index contributed by atoms with van der Waals surface area (Å²) in [4.78, 5) is 25.5. The average molecular weight is 398 g/mol. The SMILES string of the molecule is CCC1OC(=O)C(C)C(=O)C2(O)COC(OC)(CC(C)CC(C)=CC1(C)O)C2. The van der Waals surface area contributed by atoms with E-state index in [4.69, 9.17) is 14.2 Å². The van der Waals surface area contributed by atoms with Crippen LogP contribution in [0.15, 0.2) is 11.6 Å². The highest BCUT2D eigenvalue weighted by Gasteiger charge is 2.55. The molecule has 6 unspecified atom stereocenters. The van der Waals surface area contributed by atoms with Gasteiger partial charge in [0.2, 0.25) is 0 Å². The molecule has 2 heterocycles. The Morgan fingerprint density at radius 1 is 1.29 bits per heavy atom. The highest BCUT2D eigenvalue weighted by Crippen LogP contribution is 2.41. The maximum absolute atomic E-state index is 12.9. The number of Topliss-reactive ketones (excluding diaryl/α,β-unsaturated/α-hetero) is 1. The van der Waals surface area contributed by atoms with Crippen LogP contribution in [0.4, 0.5) is 0 Å². The summed E-state index contributed by atoms with van der Waals surface area (Å²) < 4.78 is 16.8. The van der Waals surface area contributed by atoms with Gasteiger partial charge in [-0.15, -0.1) is 0 Å². The number of ether oxygens (including phenoxy) is 3. The Labute approximate surface area is 167 Å². The molecule has 1 fully saturated rings. The number of hydrogen-bond donors (Lipinski definition) is 2. The van der Waals surface area contributed by atoms with Crippen LogP contribution >= 0.6 is 0 Å². The van der Waals surface area contributed by atoms with Gasteiger partial charge in [-0.3, -0.25) is 9.59 Å². The van der Waals surface area contributed by atoms with Crippen molar-refractivity contribution in [2.45, 2.75) is 83.4 Å². The molecule has 0 aromatic heterocycles. The molecule has 0 radical (unpaired) electrons. The number of methoxy groups -OCH3 is 1. The smallest absolute Gasteiger partial charge is 0.316 e. The van der Waals surface area contributed by atoms with Gasteiger partial charge in [-0.1, -0.05) is 25.5 Å². The normalized spacial score (nSPS) is 43.3. The van der Waals surface area contributed by atoms with Crippen molar-refractivity contribution < 1.29 is 34.0 Å². The first kappa shape index (κ1) is 23.0. The van der Waals surface area contributed by atoms with Gasteiger partial charge in [0.05, 0.1) is 6.61 Å². The summed E-state index contributed by atoms with van der Waals surface area (Å²) in [7, 11) is 1.49. The zero-order chi connectivity index (χ0) is 21.3. The summed E-state index contributed by atoms with van der Waals surface area (Å²) in [5.41, 5.74) is -2.23. The molecule has 7 heteroatoms. The van der Waals surface area contributed by atoms with Crippen molar-refractivity contribution in [1.29, 1.82) is 0 Å². The number of allylic oxidation sites excluding steroid dienone is 1. The lowest BCUT2D eigenvalue weighted by atomic mass is 9.83. The summed E-state index contributed by atoms with van der Waals surface area (Å²) in [5, 5.41) is 21.8. The molecule has 0 aromatic carbocycles. The van der Waals surface area contributed by atoms with E-state index in [0.29, 0.717) is 19.3 Å². The van der Waals surface area contributed by atoms with Crippen LogP contribution in [-0.4, -0.2) is 58.8 Å². The van der Waals surface area contributed by atoms with Gasteiger partial charge in [-0.2, -0.15) is 0 Å². The fourth-order valence-electron chi connectivity index (χ4n) is 4.47. The molecule has 1 saturated heterocycles. The Morgan fingerprint density at radius 3 is 2.50 bits per heavy atom. The van der Waals surface area contributed by atoms with E-state index in [9.17, 15) is 19.8 Å². The number of carbonyl (C=O) groups excluding carboxylic acids is 2. The molecule has 0 amide bonds. The highest BCUT2D eigenvalue weighted by molar-refractivity contribution is 6.03. The third kappa shape index (κ3) is 4.64. The van der Waals surface area contributed by atoms with Gasteiger partial charge < -0.3 is 24.4 Å². The third-order valence-corrected chi connectivity index (χ3v) is 5.86. The van der Waals surface area contributed by atoms with Crippen molar-refractivity contribution in [1.82, 2.24) is 0 Å². The molecular weight excluding hydrogens is 364 g/mol. The number of carbonyl (C=O) groups is 2. The van der Waals surface area contributed by atoms with Gasteiger partial charge in [-0.25, -0.2) is 0 Å². The molecule has 160 valence electrons. The van der Waals surface area contributed by atoms with Gasteiger partial charge in [0.15, 0.2) is 17.2 Å². The molecule has 7 nitrogen and oxygen atoms in total. The molecule has 2 rings (SSSR count). The van der Waals surface area contributed by atoms with Crippen molar-refractivity contribution >= 4 is 11.8 Å². The fourth-order valence-corrected chi connectivity index (χ4v) is 4.47. The largest absolute Gasteiger partial charge is 0.458 e. The van der Waals surface area contributed by atoms with E-state index < -0.39 is 40.8 Å². The van der Waals surface area contributed by atoms with Crippen molar-refractivity contribution in [3.05, 3.63) is 11.6 Å². The van der Waals surface area contributed by atoms with Gasteiger partial charge in [0.25, 0.3) is 0 Å². The van der Waals surface area contributed by atoms with Gasteiger partial charge in [0.1, 0.15) is 17.6 Å². The molecule has 2 N–H and O–H groups in total. The van der Waals surface area contributed by atoms with E-state index in [0.717, 1.165) is 5.57 Å². The van der Waals surface area contributed by atoms with E-state index in [1.807, 2.05) is 13.8 Å². The fraction of sp³-hybridized carbons (Fsp3) is 0.810. The second-order valence-corrected chi connectivity index (χ2v) is 8.76. The molecule has 2 aliphatic rings. The van der Waals surface area contributed by atoms with E-state index >= 15 is 0 Å². The van der Waals surface area contributed by atoms with Crippen LogP contribution in [0, 0.1) is 11.8 Å². The number of aliphatic hydroxyl groups is 2. The van der Waals surface area contributed by atoms with Crippen LogP contribution in [0.2, 0.25) is 0 Å². The van der Waals surface area contributed by atoms with E-state index in [1.54, 1.807) is 19.9 Å². The van der Waals surface area contributed by atoms with Crippen LogP contribution in [0.5, 0.6) is 0 Å². The Morgan fingerprint density at radius 2 is 1.93 bits per heavy atom. The zero-order valence-corrected chi connectivity index (χ0v) is 17.8. The predicted octanol–water partition coefficient (Wildman–Crippen LogP) is 2.13. The maximum Gasteiger partial charge on any atom is 0.316 e. The minimum atomic E-state index is -1.81. The lowest BCUT2D eigenvalue weighted by Crippen LogP contribution is -2.48. The maximum atomic E-state index is 12.9. The molecule has 2 aliphatic heterocycles. The Kier molecular flexibility index (Phi) is 6.76.